The van der Waals surface area contributed by atoms with Crippen molar-refractivity contribution in [3.8, 4) is 0 Å². The third-order valence-corrected chi connectivity index (χ3v) is 3.65. The van der Waals surface area contributed by atoms with Crippen molar-refractivity contribution in [1.29, 1.82) is 0 Å². The van der Waals surface area contributed by atoms with Gasteiger partial charge in [-0.05, 0) is 18.8 Å². The summed E-state index contributed by atoms with van der Waals surface area (Å²) in [6.07, 6.45) is 4.63. The van der Waals surface area contributed by atoms with Crippen molar-refractivity contribution in [2.24, 2.45) is 5.92 Å². The molecule has 10 heavy (non-hydrogen) atoms. The Morgan fingerprint density at radius 1 is 1.50 bits per heavy atom. The Balaban J connectivity index is 3.53. The number of halogens is 2. The van der Waals surface area contributed by atoms with Gasteiger partial charge in [-0.15, -0.1) is 0 Å². The van der Waals surface area contributed by atoms with Gasteiger partial charge < -0.3 is 0 Å². The Hall–Kier alpha value is 0.960. The van der Waals surface area contributed by atoms with E-state index in [0.29, 0.717) is 4.83 Å². The van der Waals surface area contributed by atoms with E-state index in [9.17, 15) is 0 Å². The molecule has 0 amide bonds. The van der Waals surface area contributed by atoms with Crippen LogP contribution >= 0.6 is 31.9 Å². The van der Waals surface area contributed by atoms with E-state index in [1.54, 1.807) is 0 Å². The Bertz CT molecular complexity index is 69.7. The lowest BCUT2D eigenvalue weighted by Crippen LogP contribution is -2.14. The summed E-state index contributed by atoms with van der Waals surface area (Å²) in [4.78, 5) is 0.655. The molecule has 0 saturated heterocycles. The lowest BCUT2D eigenvalue weighted by Gasteiger charge is -2.17. The first-order valence-electron chi connectivity index (χ1n) is 3.74. The molecule has 1 radical (unpaired) electrons. The van der Waals surface area contributed by atoms with Gasteiger partial charge in [0.2, 0.25) is 0 Å². The zero-order chi connectivity index (χ0) is 7.98. The number of hydrogen-bond acceptors (Lipinski definition) is 0. The van der Waals surface area contributed by atoms with Crippen molar-refractivity contribution in [2.45, 2.75) is 31.5 Å². The van der Waals surface area contributed by atoms with Gasteiger partial charge in [-0.25, -0.2) is 0 Å². The van der Waals surface area contributed by atoms with E-state index < -0.39 is 0 Å². The fraction of sp³-hybridized carbons (Fsp3) is 0.875. The van der Waals surface area contributed by atoms with E-state index in [1.165, 1.54) is 12.8 Å². The molecule has 0 heterocycles. The second-order valence-corrected chi connectivity index (χ2v) is 4.31. The zero-order valence-corrected chi connectivity index (χ0v) is 9.78. The fourth-order valence-electron chi connectivity index (χ4n) is 0.879. The maximum Gasteiger partial charge on any atom is 0.0184 e. The number of alkyl halides is 2. The molecule has 0 aliphatic carbocycles. The second-order valence-electron chi connectivity index (χ2n) is 2.48. The first-order chi connectivity index (χ1) is 4.76. The quantitative estimate of drug-likeness (QED) is 0.667. The maximum absolute atomic E-state index is 3.66. The molecule has 0 rings (SSSR count). The van der Waals surface area contributed by atoms with Gasteiger partial charge in [-0.1, -0.05) is 52.1 Å². The highest BCUT2D eigenvalue weighted by Gasteiger charge is 2.13. The van der Waals surface area contributed by atoms with Crippen LogP contribution in [-0.2, 0) is 0 Å². The van der Waals surface area contributed by atoms with Crippen LogP contribution in [0.15, 0.2) is 0 Å². The third kappa shape index (κ3) is 3.97. The highest BCUT2D eigenvalue weighted by molar-refractivity contribution is 9.10. The van der Waals surface area contributed by atoms with Gasteiger partial charge in [0, 0.05) is 10.2 Å². The van der Waals surface area contributed by atoms with Gasteiger partial charge >= 0.3 is 0 Å². The molecule has 0 aromatic rings. The zero-order valence-electron chi connectivity index (χ0n) is 6.61. The molecule has 0 saturated carbocycles. The van der Waals surface area contributed by atoms with Crippen molar-refractivity contribution >= 4 is 31.9 Å². The molecular weight excluding hydrogens is 256 g/mol. The molecule has 0 N–H and O–H groups in total. The van der Waals surface area contributed by atoms with Crippen LogP contribution in [0.5, 0.6) is 0 Å². The summed E-state index contributed by atoms with van der Waals surface area (Å²) in [6.45, 7) is 4.34. The van der Waals surface area contributed by atoms with E-state index >= 15 is 0 Å². The van der Waals surface area contributed by atoms with Crippen LogP contribution in [0.1, 0.15) is 26.7 Å². The smallest absolute Gasteiger partial charge is 0.0184 e. The lowest BCUT2D eigenvalue weighted by atomic mass is 10.0. The van der Waals surface area contributed by atoms with Crippen LogP contribution in [0, 0.1) is 12.3 Å². The summed E-state index contributed by atoms with van der Waals surface area (Å²) in [7, 11) is 0. The predicted molar refractivity (Wildman–Crippen MR) is 54.9 cm³/mol. The standard InChI is InChI=1S/C8H15Br2/c1-3-5-8(10)7(4-2)6-9/h3,7-8H,4-6H2,1-2H3. The molecule has 0 aromatic carbocycles. The van der Waals surface area contributed by atoms with Gasteiger partial charge in [0.05, 0.1) is 0 Å². The minimum absolute atomic E-state index is 0.655. The first kappa shape index (κ1) is 11.0. The van der Waals surface area contributed by atoms with Crippen molar-refractivity contribution in [3.05, 3.63) is 6.42 Å². The summed E-state index contributed by atoms with van der Waals surface area (Å²) < 4.78 is 0. The molecule has 61 valence electrons. The molecule has 2 heteroatoms. The van der Waals surface area contributed by atoms with E-state index in [4.69, 9.17) is 0 Å². The summed E-state index contributed by atoms with van der Waals surface area (Å²) in [5, 5.41) is 1.10. The SMILES string of the molecule is C[CH]CC(Br)C(CC)CBr. The van der Waals surface area contributed by atoms with Crippen molar-refractivity contribution in [1.82, 2.24) is 0 Å². The van der Waals surface area contributed by atoms with E-state index in [-0.39, 0.29) is 0 Å². The monoisotopic (exact) mass is 269 g/mol. The minimum Gasteiger partial charge on any atom is -0.0925 e. The molecule has 0 aromatic heterocycles. The molecule has 2 atom stereocenters. The normalized spacial score (nSPS) is 16.8. The second kappa shape index (κ2) is 6.66. The van der Waals surface area contributed by atoms with Crippen molar-refractivity contribution < 1.29 is 0 Å². The average molecular weight is 271 g/mol. The van der Waals surface area contributed by atoms with Crippen LogP contribution in [-0.4, -0.2) is 10.2 Å². The molecule has 0 spiro atoms. The number of rotatable bonds is 5. The number of hydrogen-bond donors (Lipinski definition) is 0. The fourth-order valence-corrected chi connectivity index (χ4v) is 3.22. The first-order valence-corrected chi connectivity index (χ1v) is 5.77. The summed E-state index contributed by atoms with van der Waals surface area (Å²) in [5.74, 6) is 0.774. The van der Waals surface area contributed by atoms with Crippen molar-refractivity contribution in [3.63, 3.8) is 0 Å². The summed E-state index contributed by atoms with van der Waals surface area (Å²) in [5.41, 5.74) is 0. The largest absolute Gasteiger partial charge is 0.0925 e. The topological polar surface area (TPSA) is 0 Å². The van der Waals surface area contributed by atoms with Crippen LogP contribution in [0.25, 0.3) is 0 Å². The molecule has 0 nitrogen and oxygen atoms in total. The van der Waals surface area contributed by atoms with Crippen LogP contribution in [0.3, 0.4) is 0 Å². The van der Waals surface area contributed by atoms with Gasteiger partial charge in [0.15, 0.2) is 0 Å². The van der Waals surface area contributed by atoms with Crippen LogP contribution in [0.2, 0.25) is 0 Å². The maximum atomic E-state index is 3.66. The van der Waals surface area contributed by atoms with E-state index in [2.05, 4.69) is 52.1 Å². The predicted octanol–water partition coefficient (Wildman–Crippen LogP) is 3.79. The summed E-state index contributed by atoms with van der Waals surface area (Å²) in [6, 6.07) is 0. The van der Waals surface area contributed by atoms with Crippen LogP contribution < -0.4 is 0 Å². The minimum atomic E-state index is 0.655. The molecule has 2 unspecified atom stereocenters. The Morgan fingerprint density at radius 3 is 2.40 bits per heavy atom. The Labute approximate surface area is 81.0 Å². The van der Waals surface area contributed by atoms with Crippen LogP contribution in [0.4, 0.5) is 0 Å². The lowest BCUT2D eigenvalue weighted by molar-refractivity contribution is 0.548. The molecule has 0 aliphatic rings. The Morgan fingerprint density at radius 2 is 2.10 bits per heavy atom. The van der Waals surface area contributed by atoms with Gasteiger partial charge in [-0.3, -0.25) is 0 Å². The van der Waals surface area contributed by atoms with Gasteiger partial charge in [0.1, 0.15) is 0 Å². The summed E-state index contributed by atoms with van der Waals surface area (Å²) >= 11 is 7.17. The van der Waals surface area contributed by atoms with Crippen molar-refractivity contribution in [2.75, 3.05) is 5.33 Å². The third-order valence-electron chi connectivity index (χ3n) is 1.69. The highest BCUT2D eigenvalue weighted by Crippen LogP contribution is 2.22. The highest BCUT2D eigenvalue weighted by atomic mass is 79.9. The molecule has 0 bridgehead atoms. The molecular formula is C8H15Br2. The van der Waals surface area contributed by atoms with E-state index in [0.717, 1.165) is 11.2 Å². The van der Waals surface area contributed by atoms with Gasteiger partial charge in [-0.2, -0.15) is 0 Å². The average Bonchev–Trinajstić information content (AvgIpc) is 1.91. The van der Waals surface area contributed by atoms with E-state index in [1.807, 2.05) is 0 Å². The molecule has 0 aliphatic heterocycles. The van der Waals surface area contributed by atoms with Gasteiger partial charge in [0.25, 0.3) is 0 Å². The molecule has 0 fully saturated rings. The Kier molecular flexibility index (Phi) is 7.30.